The van der Waals surface area contributed by atoms with E-state index in [0.717, 1.165) is 29.5 Å². The first kappa shape index (κ1) is 24.5. The summed E-state index contributed by atoms with van der Waals surface area (Å²) in [4.78, 5) is 26.6. The quantitative estimate of drug-likeness (QED) is 0.492. The number of aryl methyl sites for hydroxylation is 2. The molecule has 1 saturated carbocycles. The highest BCUT2D eigenvalue weighted by Crippen LogP contribution is 2.21. The highest BCUT2D eigenvalue weighted by molar-refractivity contribution is 7.92. The molecule has 1 aliphatic carbocycles. The molecular formula is C27H29N3O4S. The molecule has 3 aromatic rings. The van der Waals surface area contributed by atoms with Crippen LogP contribution in [0.15, 0.2) is 71.6 Å². The van der Waals surface area contributed by atoms with E-state index in [0.29, 0.717) is 29.4 Å². The van der Waals surface area contributed by atoms with Crippen LogP contribution in [0.4, 0.5) is 5.69 Å². The maximum Gasteiger partial charge on any atom is 0.261 e. The summed E-state index contributed by atoms with van der Waals surface area (Å²) in [5.41, 5.74) is 4.43. The molecule has 0 saturated heterocycles. The van der Waals surface area contributed by atoms with Gasteiger partial charge in [-0.3, -0.25) is 14.3 Å². The number of hydrogen-bond donors (Lipinski definition) is 2. The lowest BCUT2D eigenvalue weighted by Gasteiger charge is -2.18. The largest absolute Gasteiger partial charge is 0.349 e. The van der Waals surface area contributed by atoms with Gasteiger partial charge in [0, 0.05) is 36.4 Å². The van der Waals surface area contributed by atoms with Crippen LogP contribution >= 0.6 is 0 Å². The summed E-state index contributed by atoms with van der Waals surface area (Å²) in [7, 11) is -2.09. The summed E-state index contributed by atoms with van der Waals surface area (Å²) in [6.07, 6.45) is 2.07. The van der Waals surface area contributed by atoms with Gasteiger partial charge in [-0.15, -0.1) is 0 Å². The molecule has 7 nitrogen and oxygen atoms in total. The van der Waals surface area contributed by atoms with E-state index in [1.165, 1.54) is 24.3 Å². The van der Waals surface area contributed by atoms with Gasteiger partial charge in [0.05, 0.1) is 4.90 Å². The van der Waals surface area contributed by atoms with Crippen LogP contribution in [-0.2, 0) is 16.6 Å². The van der Waals surface area contributed by atoms with Crippen molar-refractivity contribution in [3.05, 3.63) is 94.5 Å². The average molecular weight is 492 g/mol. The van der Waals surface area contributed by atoms with E-state index in [1.807, 2.05) is 32.0 Å². The Labute approximate surface area is 206 Å². The zero-order chi connectivity index (χ0) is 25.2. The lowest BCUT2D eigenvalue weighted by Crippen LogP contribution is -2.27. The molecule has 2 N–H and O–H groups in total. The smallest absolute Gasteiger partial charge is 0.261 e. The normalized spacial score (nSPS) is 13.2. The highest BCUT2D eigenvalue weighted by Gasteiger charge is 2.23. The molecule has 182 valence electrons. The molecule has 0 aromatic heterocycles. The maximum atomic E-state index is 12.9. The minimum Gasteiger partial charge on any atom is -0.349 e. The minimum absolute atomic E-state index is 0.0782. The molecule has 8 heteroatoms. The fourth-order valence-corrected chi connectivity index (χ4v) is 4.67. The van der Waals surface area contributed by atoms with Crippen molar-refractivity contribution in [1.82, 2.24) is 10.2 Å². The summed E-state index contributed by atoms with van der Waals surface area (Å²) >= 11 is 0. The molecule has 0 bridgehead atoms. The van der Waals surface area contributed by atoms with Crippen molar-refractivity contribution < 1.29 is 18.0 Å². The van der Waals surface area contributed by atoms with Crippen molar-refractivity contribution in [3.63, 3.8) is 0 Å². The fraction of sp³-hybridized carbons (Fsp3) is 0.259. The van der Waals surface area contributed by atoms with Crippen molar-refractivity contribution >= 4 is 27.5 Å². The van der Waals surface area contributed by atoms with E-state index in [-0.39, 0.29) is 16.7 Å². The topological polar surface area (TPSA) is 95.6 Å². The first-order valence-corrected chi connectivity index (χ1v) is 13.0. The molecule has 0 atom stereocenters. The number of sulfonamides is 1. The minimum atomic E-state index is -3.78. The molecule has 1 fully saturated rings. The molecule has 0 heterocycles. The van der Waals surface area contributed by atoms with Crippen LogP contribution < -0.4 is 10.0 Å². The number of anilines is 1. The molecule has 1 aliphatic rings. The summed E-state index contributed by atoms with van der Waals surface area (Å²) in [6.45, 7) is 4.24. The van der Waals surface area contributed by atoms with Crippen molar-refractivity contribution in [1.29, 1.82) is 0 Å². The zero-order valence-electron chi connectivity index (χ0n) is 20.0. The highest BCUT2D eigenvalue weighted by atomic mass is 32.2. The first-order valence-electron chi connectivity index (χ1n) is 11.5. The van der Waals surface area contributed by atoms with Gasteiger partial charge in [-0.2, -0.15) is 0 Å². The lowest BCUT2D eigenvalue weighted by atomic mass is 10.1. The molecule has 0 spiro atoms. The monoisotopic (exact) mass is 491 g/mol. The Kier molecular flexibility index (Phi) is 6.93. The fourth-order valence-electron chi connectivity index (χ4n) is 3.62. The van der Waals surface area contributed by atoms with Gasteiger partial charge in [0.25, 0.3) is 21.8 Å². The summed E-state index contributed by atoms with van der Waals surface area (Å²) in [5, 5.41) is 2.95. The first-order chi connectivity index (χ1) is 16.6. The Morgan fingerprint density at radius 3 is 2.11 bits per heavy atom. The standard InChI is InChI=1S/C27H29N3O4S/c1-18-4-11-24(16-19(18)2)29-35(33,34)25-14-9-22(10-15-25)27(32)30(3)17-20-5-7-21(8-6-20)26(31)28-23-12-13-23/h4-11,14-16,23,29H,12-13,17H2,1-3H3,(H,28,31). The van der Waals surface area contributed by atoms with E-state index in [2.05, 4.69) is 10.0 Å². The predicted octanol–water partition coefficient (Wildman–Crippen LogP) is 4.27. The summed E-state index contributed by atoms with van der Waals surface area (Å²) in [6, 6.07) is 18.7. The third kappa shape index (κ3) is 6.08. The summed E-state index contributed by atoms with van der Waals surface area (Å²) < 4.78 is 28.1. The molecule has 0 aliphatic heterocycles. The van der Waals surface area contributed by atoms with E-state index in [9.17, 15) is 18.0 Å². The van der Waals surface area contributed by atoms with Crippen LogP contribution in [-0.4, -0.2) is 38.2 Å². The second-order valence-corrected chi connectivity index (χ2v) is 10.7. The lowest BCUT2D eigenvalue weighted by molar-refractivity contribution is 0.0784. The molecule has 0 unspecified atom stereocenters. The van der Waals surface area contributed by atoms with Crippen LogP contribution in [0.25, 0.3) is 0 Å². The van der Waals surface area contributed by atoms with E-state index >= 15 is 0 Å². The van der Waals surface area contributed by atoms with Crippen molar-refractivity contribution in [2.45, 2.75) is 44.2 Å². The Hall–Kier alpha value is -3.65. The number of carbonyl (C=O) groups excluding carboxylic acids is 2. The van der Waals surface area contributed by atoms with Gasteiger partial charge in [-0.1, -0.05) is 18.2 Å². The number of nitrogens with one attached hydrogen (secondary N) is 2. The van der Waals surface area contributed by atoms with Crippen LogP contribution in [0, 0.1) is 13.8 Å². The van der Waals surface area contributed by atoms with Gasteiger partial charge < -0.3 is 10.2 Å². The van der Waals surface area contributed by atoms with Gasteiger partial charge >= 0.3 is 0 Å². The van der Waals surface area contributed by atoms with Gasteiger partial charge in [0.1, 0.15) is 0 Å². The Morgan fingerprint density at radius 1 is 0.886 bits per heavy atom. The Morgan fingerprint density at radius 2 is 1.51 bits per heavy atom. The van der Waals surface area contributed by atoms with Gasteiger partial charge in [-0.25, -0.2) is 8.42 Å². The molecular weight excluding hydrogens is 462 g/mol. The van der Waals surface area contributed by atoms with Gasteiger partial charge in [-0.05, 0) is 91.9 Å². The number of amides is 2. The number of carbonyl (C=O) groups is 2. The number of rotatable bonds is 8. The number of hydrogen-bond acceptors (Lipinski definition) is 4. The summed E-state index contributed by atoms with van der Waals surface area (Å²) in [5.74, 6) is -0.308. The Balaban J connectivity index is 1.38. The second-order valence-electron chi connectivity index (χ2n) is 9.03. The SMILES string of the molecule is Cc1ccc(NS(=O)(=O)c2ccc(C(=O)N(C)Cc3ccc(C(=O)NC4CC4)cc3)cc2)cc1C. The molecule has 35 heavy (non-hydrogen) atoms. The number of benzene rings is 3. The van der Waals surface area contributed by atoms with Crippen molar-refractivity contribution in [3.8, 4) is 0 Å². The van der Waals surface area contributed by atoms with Crippen molar-refractivity contribution in [2.24, 2.45) is 0 Å². The zero-order valence-corrected chi connectivity index (χ0v) is 20.9. The van der Waals surface area contributed by atoms with E-state index < -0.39 is 10.0 Å². The predicted molar refractivity (Wildman–Crippen MR) is 136 cm³/mol. The van der Waals surface area contributed by atoms with Crippen LogP contribution in [0.5, 0.6) is 0 Å². The maximum absolute atomic E-state index is 12.9. The molecule has 3 aromatic carbocycles. The van der Waals surface area contributed by atoms with Crippen molar-refractivity contribution in [2.75, 3.05) is 11.8 Å². The third-order valence-electron chi connectivity index (χ3n) is 6.07. The van der Waals surface area contributed by atoms with Gasteiger partial charge in [0.15, 0.2) is 0 Å². The second kappa shape index (κ2) is 9.92. The van der Waals surface area contributed by atoms with E-state index in [4.69, 9.17) is 0 Å². The molecule has 4 rings (SSSR count). The average Bonchev–Trinajstić information content (AvgIpc) is 3.65. The molecule has 2 amide bonds. The van der Waals surface area contributed by atoms with Crippen LogP contribution in [0.3, 0.4) is 0 Å². The Bertz CT molecular complexity index is 1350. The van der Waals surface area contributed by atoms with Crippen LogP contribution in [0.2, 0.25) is 0 Å². The van der Waals surface area contributed by atoms with Gasteiger partial charge in [0.2, 0.25) is 0 Å². The number of nitrogens with zero attached hydrogens (tertiary/aromatic N) is 1. The third-order valence-corrected chi connectivity index (χ3v) is 7.46. The van der Waals surface area contributed by atoms with Crippen LogP contribution in [0.1, 0.15) is 50.2 Å². The molecule has 0 radical (unpaired) electrons. The van der Waals surface area contributed by atoms with E-state index in [1.54, 1.807) is 36.2 Å².